The third-order valence-electron chi connectivity index (χ3n) is 4.68. The van der Waals surface area contributed by atoms with Gasteiger partial charge >= 0.3 is 6.18 Å². The number of amides is 1. The van der Waals surface area contributed by atoms with Crippen LogP contribution in [-0.2, 0) is 12.7 Å². The molecule has 0 bridgehead atoms. The number of hydrogen-bond acceptors (Lipinski definition) is 3. The normalized spacial score (nSPS) is 11.4. The molecule has 1 N–H and O–H groups in total. The second-order valence-corrected chi connectivity index (χ2v) is 7.26. The van der Waals surface area contributed by atoms with E-state index < -0.39 is 11.9 Å². The maximum Gasteiger partial charge on any atom is 0.435 e. The van der Waals surface area contributed by atoms with E-state index >= 15 is 0 Å². The van der Waals surface area contributed by atoms with E-state index in [2.05, 4.69) is 15.4 Å². The Hall–Kier alpha value is -3.65. The third-order valence-corrected chi connectivity index (χ3v) is 5.00. The number of alkyl halides is 3. The molecule has 32 heavy (non-hydrogen) atoms. The number of benzene rings is 2. The molecule has 9 heteroatoms. The molecule has 0 saturated heterocycles. The lowest BCUT2D eigenvalue weighted by Gasteiger charge is -2.10. The summed E-state index contributed by atoms with van der Waals surface area (Å²) >= 11 is 6.19. The number of hydrogen-bond donors (Lipinski definition) is 1. The van der Waals surface area contributed by atoms with Crippen LogP contribution in [0.5, 0.6) is 0 Å². The van der Waals surface area contributed by atoms with Gasteiger partial charge in [-0.1, -0.05) is 41.9 Å². The Labute approximate surface area is 186 Å². The van der Waals surface area contributed by atoms with Crippen LogP contribution in [0, 0.1) is 0 Å². The standard InChI is InChI=1S/C23H16ClF3N4O/c24-18-6-1-2-7-19(18)31-20(13-21(30-31)23(25,26)27)15-8-10-16(11-9-15)22(32)29-14-17-5-3-4-12-28-17/h1-13H,14H2,(H,29,32). The fraction of sp³-hybridized carbons (Fsp3) is 0.0870. The summed E-state index contributed by atoms with van der Waals surface area (Å²) in [6.45, 7) is 0.260. The molecule has 2 aromatic heterocycles. The highest BCUT2D eigenvalue weighted by Gasteiger charge is 2.35. The summed E-state index contributed by atoms with van der Waals surface area (Å²) < 4.78 is 41.2. The van der Waals surface area contributed by atoms with Gasteiger partial charge in [0.25, 0.3) is 5.91 Å². The van der Waals surface area contributed by atoms with Crippen molar-refractivity contribution in [2.24, 2.45) is 0 Å². The second-order valence-electron chi connectivity index (χ2n) is 6.86. The first-order chi connectivity index (χ1) is 15.3. The van der Waals surface area contributed by atoms with Crippen molar-refractivity contribution >= 4 is 17.5 Å². The molecule has 0 atom stereocenters. The average molecular weight is 457 g/mol. The molecule has 0 radical (unpaired) electrons. The third kappa shape index (κ3) is 4.65. The molecule has 0 unspecified atom stereocenters. The maximum absolute atomic E-state index is 13.3. The van der Waals surface area contributed by atoms with Crippen LogP contribution in [0.25, 0.3) is 16.9 Å². The molecule has 1 amide bonds. The van der Waals surface area contributed by atoms with Crippen LogP contribution in [0.1, 0.15) is 21.7 Å². The van der Waals surface area contributed by atoms with Crippen LogP contribution in [0.15, 0.2) is 79.0 Å². The van der Waals surface area contributed by atoms with E-state index in [1.807, 2.05) is 6.07 Å². The highest BCUT2D eigenvalue weighted by molar-refractivity contribution is 6.32. The van der Waals surface area contributed by atoms with Gasteiger partial charge in [0.2, 0.25) is 0 Å². The predicted molar refractivity (Wildman–Crippen MR) is 114 cm³/mol. The molecule has 162 valence electrons. The lowest BCUT2D eigenvalue weighted by molar-refractivity contribution is -0.141. The highest BCUT2D eigenvalue weighted by atomic mass is 35.5. The fourth-order valence-corrected chi connectivity index (χ4v) is 3.32. The minimum absolute atomic E-state index is 0.200. The monoisotopic (exact) mass is 456 g/mol. The summed E-state index contributed by atoms with van der Waals surface area (Å²) in [5.41, 5.74) is 1.01. The van der Waals surface area contributed by atoms with Gasteiger partial charge in [-0.05, 0) is 42.5 Å². The minimum atomic E-state index is -4.62. The van der Waals surface area contributed by atoms with Crippen molar-refractivity contribution in [3.05, 3.63) is 101 Å². The van der Waals surface area contributed by atoms with Crippen molar-refractivity contribution in [3.63, 3.8) is 0 Å². The largest absolute Gasteiger partial charge is 0.435 e. The lowest BCUT2D eigenvalue weighted by Crippen LogP contribution is -2.23. The molecule has 0 aliphatic carbocycles. The molecule has 0 aliphatic heterocycles. The van der Waals surface area contributed by atoms with Gasteiger partial charge in [0.05, 0.1) is 28.6 Å². The van der Waals surface area contributed by atoms with Gasteiger partial charge in [0.15, 0.2) is 5.69 Å². The Balaban J connectivity index is 1.63. The Bertz CT molecular complexity index is 1240. The van der Waals surface area contributed by atoms with E-state index in [1.54, 1.807) is 66.9 Å². The maximum atomic E-state index is 13.3. The molecule has 5 nitrogen and oxygen atoms in total. The fourth-order valence-electron chi connectivity index (χ4n) is 3.10. The number of nitrogens with one attached hydrogen (secondary N) is 1. The van der Waals surface area contributed by atoms with Crippen molar-refractivity contribution in [1.82, 2.24) is 20.1 Å². The molecule has 2 heterocycles. The topological polar surface area (TPSA) is 59.8 Å². The molecule has 0 aliphatic rings. The average Bonchev–Trinajstić information content (AvgIpc) is 3.24. The number of para-hydroxylation sites is 1. The van der Waals surface area contributed by atoms with Gasteiger partial charge in [-0.25, -0.2) is 4.68 Å². The Morgan fingerprint density at radius 3 is 2.38 bits per heavy atom. The molecule has 0 saturated carbocycles. The van der Waals surface area contributed by atoms with Crippen LogP contribution < -0.4 is 5.32 Å². The number of nitrogens with zero attached hydrogens (tertiary/aromatic N) is 3. The first kappa shape index (κ1) is 21.6. The minimum Gasteiger partial charge on any atom is -0.346 e. The van der Waals surface area contributed by atoms with Gasteiger partial charge in [-0.2, -0.15) is 18.3 Å². The van der Waals surface area contributed by atoms with Gasteiger partial charge < -0.3 is 5.32 Å². The van der Waals surface area contributed by atoms with E-state index in [4.69, 9.17) is 11.6 Å². The van der Waals surface area contributed by atoms with Gasteiger partial charge in [-0.3, -0.25) is 9.78 Å². The number of aromatic nitrogens is 3. The summed E-state index contributed by atoms with van der Waals surface area (Å²) in [7, 11) is 0. The van der Waals surface area contributed by atoms with Crippen molar-refractivity contribution in [2.45, 2.75) is 12.7 Å². The summed E-state index contributed by atoms with van der Waals surface area (Å²) in [6, 6.07) is 19.1. The zero-order valence-electron chi connectivity index (χ0n) is 16.5. The molecule has 4 aromatic rings. The van der Waals surface area contributed by atoms with Gasteiger partial charge in [-0.15, -0.1) is 0 Å². The second kappa shape index (κ2) is 8.84. The Morgan fingerprint density at radius 2 is 1.72 bits per heavy atom. The molecule has 2 aromatic carbocycles. The zero-order chi connectivity index (χ0) is 22.7. The van der Waals surface area contributed by atoms with E-state index in [1.165, 1.54) is 0 Å². The Morgan fingerprint density at radius 1 is 1.00 bits per heavy atom. The van der Waals surface area contributed by atoms with E-state index in [0.29, 0.717) is 22.5 Å². The number of pyridine rings is 1. The number of rotatable bonds is 5. The quantitative estimate of drug-likeness (QED) is 0.429. The van der Waals surface area contributed by atoms with Crippen LogP contribution in [-0.4, -0.2) is 20.7 Å². The first-order valence-corrected chi connectivity index (χ1v) is 9.91. The van der Waals surface area contributed by atoms with E-state index in [-0.39, 0.29) is 23.2 Å². The summed E-state index contributed by atoms with van der Waals surface area (Å²) in [4.78, 5) is 16.6. The Kier molecular flexibility index (Phi) is 5.96. The van der Waals surface area contributed by atoms with Gasteiger partial charge in [0, 0.05) is 17.3 Å². The SMILES string of the molecule is O=C(NCc1ccccn1)c1ccc(-c2cc(C(F)(F)F)nn2-c2ccccc2Cl)cc1. The van der Waals surface area contributed by atoms with Crippen LogP contribution in [0.4, 0.5) is 13.2 Å². The summed E-state index contributed by atoms with van der Waals surface area (Å²) in [5, 5.41) is 6.75. The molecule has 4 rings (SSSR count). The number of halogens is 4. The smallest absolute Gasteiger partial charge is 0.346 e. The zero-order valence-corrected chi connectivity index (χ0v) is 17.2. The number of carbonyl (C=O) groups is 1. The van der Waals surface area contributed by atoms with Crippen LogP contribution in [0.2, 0.25) is 5.02 Å². The van der Waals surface area contributed by atoms with Crippen molar-refractivity contribution in [2.75, 3.05) is 0 Å². The van der Waals surface area contributed by atoms with E-state index in [0.717, 1.165) is 10.7 Å². The lowest BCUT2D eigenvalue weighted by atomic mass is 10.1. The number of carbonyl (C=O) groups excluding carboxylic acids is 1. The first-order valence-electron chi connectivity index (χ1n) is 9.53. The molecule has 0 spiro atoms. The van der Waals surface area contributed by atoms with Crippen molar-refractivity contribution in [3.8, 4) is 16.9 Å². The molecular formula is C23H16ClF3N4O. The predicted octanol–water partition coefficient (Wildman–Crippen LogP) is 5.54. The van der Waals surface area contributed by atoms with Crippen molar-refractivity contribution < 1.29 is 18.0 Å². The van der Waals surface area contributed by atoms with Gasteiger partial charge in [0.1, 0.15) is 0 Å². The van der Waals surface area contributed by atoms with Crippen LogP contribution in [0.3, 0.4) is 0 Å². The van der Waals surface area contributed by atoms with E-state index in [9.17, 15) is 18.0 Å². The summed E-state index contributed by atoms with van der Waals surface area (Å²) in [6.07, 6.45) is -2.99. The molecule has 0 fully saturated rings. The highest BCUT2D eigenvalue weighted by Crippen LogP contribution is 2.34. The summed E-state index contributed by atoms with van der Waals surface area (Å²) in [5.74, 6) is -0.321. The van der Waals surface area contributed by atoms with Crippen molar-refractivity contribution in [1.29, 1.82) is 0 Å². The molecular weight excluding hydrogens is 441 g/mol. The van der Waals surface area contributed by atoms with Crippen LogP contribution >= 0.6 is 11.6 Å².